The molecule has 118 valence electrons. The van der Waals surface area contributed by atoms with Crippen molar-refractivity contribution in [1.82, 2.24) is 15.4 Å². The lowest BCUT2D eigenvalue weighted by Gasteiger charge is -2.10. The van der Waals surface area contributed by atoms with Crippen molar-refractivity contribution < 1.29 is 14.3 Å². The molecule has 0 saturated heterocycles. The zero-order valence-electron chi connectivity index (χ0n) is 13.0. The minimum Gasteiger partial charge on any atom is -0.493 e. The smallest absolute Gasteiger partial charge is 0.361 e. The van der Waals surface area contributed by atoms with Crippen molar-refractivity contribution >= 4 is 5.97 Å². The fraction of sp³-hybridized carbons (Fsp3) is 0.438. The number of ether oxygens (including phenoxy) is 2. The minimum atomic E-state index is -0.493. The Labute approximate surface area is 129 Å². The summed E-state index contributed by atoms with van der Waals surface area (Å²) in [6.45, 7) is 4.83. The quantitative estimate of drug-likeness (QED) is 0.598. The van der Waals surface area contributed by atoms with Gasteiger partial charge in [-0.1, -0.05) is 31.9 Å². The molecule has 0 aliphatic carbocycles. The van der Waals surface area contributed by atoms with Crippen LogP contribution >= 0.6 is 0 Å². The van der Waals surface area contributed by atoms with Crippen molar-refractivity contribution in [3.63, 3.8) is 0 Å². The normalized spacial score (nSPS) is 10.5. The highest BCUT2D eigenvalue weighted by molar-refractivity contribution is 5.94. The van der Waals surface area contributed by atoms with Crippen molar-refractivity contribution in [2.75, 3.05) is 13.2 Å². The van der Waals surface area contributed by atoms with E-state index < -0.39 is 5.97 Å². The molecule has 6 nitrogen and oxygen atoms in total. The number of unbranched alkanes of at least 4 members (excludes halogenated alkanes) is 2. The van der Waals surface area contributed by atoms with E-state index in [0.29, 0.717) is 24.7 Å². The number of carbonyl (C=O) groups excluding carboxylic acids is 1. The summed E-state index contributed by atoms with van der Waals surface area (Å²) < 4.78 is 10.8. The molecular formula is C16H21N3O3. The first-order valence-electron chi connectivity index (χ1n) is 7.58. The van der Waals surface area contributed by atoms with Crippen molar-refractivity contribution in [2.45, 2.75) is 33.1 Å². The van der Waals surface area contributed by atoms with E-state index in [-0.39, 0.29) is 5.69 Å². The van der Waals surface area contributed by atoms with E-state index in [1.807, 2.05) is 24.3 Å². The Morgan fingerprint density at radius 1 is 1.18 bits per heavy atom. The number of nitrogens with one attached hydrogen (secondary N) is 1. The Kier molecular flexibility index (Phi) is 5.94. The van der Waals surface area contributed by atoms with Crippen LogP contribution in [0.1, 0.15) is 43.6 Å². The molecule has 0 aliphatic heterocycles. The number of aromatic nitrogens is 3. The van der Waals surface area contributed by atoms with Crippen molar-refractivity contribution in [1.29, 1.82) is 0 Å². The highest BCUT2D eigenvalue weighted by atomic mass is 16.5. The molecule has 1 aromatic carbocycles. The van der Waals surface area contributed by atoms with Gasteiger partial charge in [-0.15, -0.1) is 5.10 Å². The number of carbonyl (C=O) groups is 1. The number of para-hydroxylation sites is 1. The first kappa shape index (κ1) is 16.0. The average Bonchev–Trinajstić information content (AvgIpc) is 3.02. The van der Waals surface area contributed by atoms with Crippen LogP contribution in [0, 0.1) is 0 Å². The predicted octanol–water partition coefficient (Wildman–Crippen LogP) is 3.22. The van der Waals surface area contributed by atoms with Gasteiger partial charge in [-0.05, 0) is 25.5 Å². The zero-order valence-corrected chi connectivity index (χ0v) is 13.0. The van der Waals surface area contributed by atoms with Crippen molar-refractivity contribution in [2.24, 2.45) is 0 Å². The molecule has 0 spiro atoms. The van der Waals surface area contributed by atoms with Crippen LogP contribution in [-0.2, 0) is 4.74 Å². The predicted molar refractivity (Wildman–Crippen MR) is 82.8 cm³/mol. The summed E-state index contributed by atoms with van der Waals surface area (Å²) in [6.07, 6.45) is 3.26. The van der Waals surface area contributed by atoms with Gasteiger partial charge in [0.1, 0.15) is 11.4 Å². The molecule has 0 fully saturated rings. The lowest BCUT2D eigenvalue weighted by molar-refractivity contribution is 0.0520. The number of esters is 1. The van der Waals surface area contributed by atoms with E-state index in [1.54, 1.807) is 6.92 Å². The summed E-state index contributed by atoms with van der Waals surface area (Å²) in [7, 11) is 0. The van der Waals surface area contributed by atoms with Gasteiger partial charge in [0.2, 0.25) is 0 Å². The zero-order chi connectivity index (χ0) is 15.8. The lowest BCUT2D eigenvalue weighted by atomic mass is 10.1. The van der Waals surface area contributed by atoms with Gasteiger partial charge in [-0.2, -0.15) is 10.3 Å². The number of rotatable bonds is 8. The monoisotopic (exact) mass is 303 g/mol. The van der Waals surface area contributed by atoms with E-state index in [4.69, 9.17) is 9.47 Å². The summed E-state index contributed by atoms with van der Waals surface area (Å²) in [6, 6.07) is 7.49. The van der Waals surface area contributed by atoms with E-state index in [9.17, 15) is 4.79 Å². The van der Waals surface area contributed by atoms with Gasteiger partial charge < -0.3 is 9.47 Å². The molecule has 0 unspecified atom stereocenters. The van der Waals surface area contributed by atoms with Gasteiger partial charge in [-0.25, -0.2) is 4.79 Å². The minimum absolute atomic E-state index is 0.173. The Hall–Kier alpha value is -2.37. The van der Waals surface area contributed by atoms with Crippen LogP contribution in [0.3, 0.4) is 0 Å². The fourth-order valence-corrected chi connectivity index (χ4v) is 2.08. The average molecular weight is 303 g/mol. The van der Waals surface area contributed by atoms with E-state index >= 15 is 0 Å². The molecule has 2 aromatic rings. The first-order chi connectivity index (χ1) is 10.8. The van der Waals surface area contributed by atoms with Crippen LogP contribution in [0.25, 0.3) is 11.3 Å². The summed E-state index contributed by atoms with van der Waals surface area (Å²) in [5.74, 6) is 0.199. The SMILES string of the molecule is CCCCCOc1ccccc1-c1n[nH]nc1C(=O)OCC. The molecule has 1 heterocycles. The first-order valence-corrected chi connectivity index (χ1v) is 7.58. The van der Waals surface area contributed by atoms with Crippen LogP contribution in [0.2, 0.25) is 0 Å². The third kappa shape index (κ3) is 3.84. The Morgan fingerprint density at radius 2 is 2.00 bits per heavy atom. The summed E-state index contributed by atoms with van der Waals surface area (Å²) in [5.41, 5.74) is 1.35. The Morgan fingerprint density at radius 3 is 2.77 bits per heavy atom. The number of benzene rings is 1. The second kappa shape index (κ2) is 8.17. The van der Waals surface area contributed by atoms with Crippen LogP contribution < -0.4 is 4.74 Å². The van der Waals surface area contributed by atoms with Gasteiger partial charge in [0, 0.05) is 5.56 Å². The largest absolute Gasteiger partial charge is 0.493 e. The van der Waals surface area contributed by atoms with Crippen molar-refractivity contribution in [3.05, 3.63) is 30.0 Å². The molecule has 22 heavy (non-hydrogen) atoms. The highest BCUT2D eigenvalue weighted by Gasteiger charge is 2.21. The second-order valence-electron chi connectivity index (χ2n) is 4.79. The van der Waals surface area contributed by atoms with E-state index in [1.165, 1.54) is 0 Å². The summed E-state index contributed by atoms with van der Waals surface area (Å²) >= 11 is 0. The lowest BCUT2D eigenvalue weighted by Crippen LogP contribution is -2.07. The molecule has 0 saturated carbocycles. The van der Waals surface area contributed by atoms with Gasteiger partial charge in [0.25, 0.3) is 0 Å². The molecule has 1 aromatic heterocycles. The number of hydrogen-bond donors (Lipinski definition) is 1. The standard InChI is InChI=1S/C16H21N3O3/c1-3-5-8-11-22-13-10-7-6-9-12(13)14-15(18-19-17-14)16(20)21-4-2/h6-7,9-10H,3-5,8,11H2,1-2H3,(H,17,18,19). The van der Waals surface area contributed by atoms with E-state index in [0.717, 1.165) is 24.8 Å². The Balaban J connectivity index is 2.22. The van der Waals surface area contributed by atoms with Crippen LogP contribution in [0.4, 0.5) is 0 Å². The van der Waals surface area contributed by atoms with Gasteiger partial charge in [0.15, 0.2) is 5.69 Å². The molecule has 0 bridgehead atoms. The van der Waals surface area contributed by atoms with E-state index in [2.05, 4.69) is 22.3 Å². The molecule has 0 aliphatic rings. The number of hydrogen-bond acceptors (Lipinski definition) is 5. The highest BCUT2D eigenvalue weighted by Crippen LogP contribution is 2.30. The maximum atomic E-state index is 11.9. The topological polar surface area (TPSA) is 77.1 Å². The van der Waals surface area contributed by atoms with Crippen LogP contribution in [-0.4, -0.2) is 34.6 Å². The second-order valence-corrected chi connectivity index (χ2v) is 4.79. The molecule has 1 N–H and O–H groups in total. The molecule has 0 radical (unpaired) electrons. The van der Waals surface area contributed by atoms with Gasteiger partial charge >= 0.3 is 5.97 Å². The Bertz CT molecular complexity index is 610. The summed E-state index contributed by atoms with van der Waals surface area (Å²) in [4.78, 5) is 11.9. The number of H-pyrrole nitrogens is 1. The molecule has 0 amide bonds. The van der Waals surface area contributed by atoms with Gasteiger partial charge in [-0.3, -0.25) is 0 Å². The molecule has 2 rings (SSSR count). The molecule has 6 heteroatoms. The van der Waals surface area contributed by atoms with Crippen LogP contribution in [0.15, 0.2) is 24.3 Å². The third-order valence-corrected chi connectivity index (χ3v) is 3.16. The fourth-order valence-electron chi connectivity index (χ4n) is 2.08. The number of nitrogens with zero attached hydrogens (tertiary/aromatic N) is 2. The van der Waals surface area contributed by atoms with Gasteiger partial charge in [0.05, 0.1) is 13.2 Å². The third-order valence-electron chi connectivity index (χ3n) is 3.16. The number of aromatic amines is 1. The molecular weight excluding hydrogens is 282 g/mol. The maximum absolute atomic E-state index is 11.9. The summed E-state index contributed by atoms with van der Waals surface area (Å²) in [5, 5.41) is 10.5. The maximum Gasteiger partial charge on any atom is 0.361 e. The van der Waals surface area contributed by atoms with Crippen LogP contribution in [0.5, 0.6) is 5.75 Å². The van der Waals surface area contributed by atoms with Crippen molar-refractivity contribution in [3.8, 4) is 17.0 Å². The molecule has 0 atom stereocenters.